The number of nitrogens with one attached hydrogen (secondary N) is 1. The number of fused-ring (bicyclic) bond motifs is 1. The van der Waals surface area contributed by atoms with Crippen LogP contribution in [0.25, 0.3) is 5.78 Å². The zero-order valence-electron chi connectivity index (χ0n) is 10.3. The van der Waals surface area contributed by atoms with Crippen molar-refractivity contribution in [1.29, 1.82) is 0 Å². The van der Waals surface area contributed by atoms with Crippen LogP contribution < -0.4 is 5.32 Å². The lowest BCUT2D eigenvalue weighted by Crippen LogP contribution is -2.20. The zero-order valence-corrected chi connectivity index (χ0v) is 10.3. The van der Waals surface area contributed by atoms with Gasteiger partial charge in [-0.3, -0.25) is 4.40 Å². The van der Waals surface area contributed by atoms with Crippen molar-refractivity contribution in [1.82, 2.24) is 24.9 Å². The van der Waals surface area contributed by atoms with Crippen molar-refractivity contribution in [2.24, 2.45) is 0 Å². The minimum Gasteiger partial charge on any atom is -0.314 e. The predicted molar refractivity (Wildman–Crippen MR) is 65.0 cm³/mol. The van der Waals surface area contributed by atoms with E-state index in [1.54, 1.807) is 0 Å². The van der Waals surface area contributed by atoms with Crippen LogP contribution in [0.3, 0.4) is 0 Å². The first-order valence-electron chi connectivity index (χ1n) is 6.15. The Kier molecular flexibility index (Phi) is 2.55. The van der Waals surface area contributed by atoms with E-state index in [0.717, 1.165) is 36.2 Å². The molecule has 17 heavy (non-hydrogen) atoms. The molecule has 0 radical (unpaired) electrons. The molecule has 5 nitrogen and oxygen atoms in total. The van der Waals surface area contributed by atoms with Crippen molar-refractivity contribution in [3.8, 4) is 0 Å². The lowest BCUT2D eigenvalue weighted by molar-refractivity contribution is 0.661. The van der Waals surface area contributed by atoms with Gasteiger partial charge in [-0.05, 0) is 32.8 Å². The minimum atomic E-state index is 0.712. The maximum Gasteiger partial charge on any atom is 0.255 e. The van der Waals surface area contributed by atoms with Crippen LogP contribution in [0.1, 0.15) is 30.1 Å². The second kappa shape index (κ2) is 4.07. The summed E-state index contributed by atoms with van der Waals surface area (Å²) in [4.78, 5) is 4.38. The Hall–Kier alpha value is -1.49. The lowest BCUT2D eigenvalue weighted by atomic mass is 10.3. The fourth-order valence-electron chi connectivity index (χ4n) is 2.14. The molecule has 0 spiro atoms. The Morgan fingerprint density at radius 3 is 2.94 bits per heavy atom. The van der Waals surface area contributed by atoms with Gasteiger partial charge in [0, 0.05) is 30.4 Å². The minimum absolute atomic E-state index is 0.712. The Morgan fingerprint density at radius 2 is 2.18 bits per heavy atom. The van der Waals surface area contributed by atoms with Crippen molar-refractivity contribution in [2.75, 3.05) is 6.54 Å². The van der Waals surface area contributed by atoms with Crippen LogP contribution in [0.4, 0.5) is 0 Å². The van der Waals surface area contributed by atoms with Gasteiger partial charge < -0.3 is 5.32 Å². The molecule has 0 amide bonds. The van der Waals surface area contributed by atoms with Crippen molar-refractivity contribution >= 4 is 5.78 Å². The van der Waals surface area contributed by atoms with E-state index in [-0.39, 0.29) is 0 Å². The average molecular weight is 231 g/mol. The van der Waals surface area contributed by atoms with Crippen LogP contribution >= 0.6 is 0 Å². The van der Waals surface area contributed by atoms with Crippen LogP contribution in [0.5, 0.6) is 0 Å². The van der Waals surface area contributed by atoms with E-state index in [1.807, 2.05) is 11.3 Å². The molecule has 0 bridgehead atoms. The van der Waals surface area contributed by atoms with E-state index in [1.165, 1.54) is 12.8 Å². The van der Waals surface area contributed by atoms with Gasteiger partial charge in [0.1, 0.15) is 5.82 Å². The molecule has 0 atom stereocenters. The first-order chi connectivity index (χ1) is 8.24. The Bertz CT molecular complexity index is 541. The van der Waals surface area contributed by atoms with E-state index < -0.39 is 0 Å². The SMILES string of the molecule is Cc1cc(C)n2c(CCNC3CC3)nnc2n1. The number of aromatic nitrogens is 4. The Morgan fingerprint density at radius 1 is 1.35 bits per heavy atom. The van der Waals surface area contributed by atoms with E-state index in [9.17, 15) is 0 Å². The quantitative estimate of drug-likeness (QED) is 0.854. The standard InChI is InChI=1S/C12H17N5/c1-8-7-9(2)17-11(15-16-12(17)14-8)5-6-13-10-3-4-10/h7,10,13H,3-6H2,1-2H3. The summed E-state index contributed by atoms with van der Waals surface area (Å²) in [6, 6.07) is 2.81. The van der Waals surface area contributed by atoms with Gasteiger partial charge in [0.15, 0.2) is 0 Å². The third-order valence-corrected chi connectivity index (χ3v) is 3.12. The third kappa shape index (κ3) is 2.15. The second-order valence-electron chi connectivity index (χ2n) is 4.77. The van der Waals surface area contributed by atoms with Crippen molar-refractivity contribution < 1.29 is 0 Å². The largest absolute Gasteiger partial charge is 0.314 e. The molecule has 2 heterocycles. The highest BCUT2D eigenvalue weighted by Crippen LogP contribution is 2.18. The van der Waals surface area contributed by atoms with E-state index >= 15 is 0 Å². The van der Waals surface area contributed by atoms with Gasteiger partial charge in [0.05, 0.1) is 0 Å². The highest BCUT2D eigenvalue weighted by Gasteiger charge is 2.20. The molecule has 1 fully saturated rings. The van der Waals surface area contributed by atoms with Gasteiger partial charge in [-0.15, -0.1) is 10.2 Å². The summed E-state index contributed by atoms with van der Waals surface area (Å²) in [7, 11) is 0. The molecule has 90 valence electrons. The maximum atomic E-state index is 4.38. The first-order valence-corrected chi connectivity index (χ1v) is 6.15. The molecular formula is C12H17N5. The summed E-state index contributed by atoms with van der Waals surface area (Å²) in [6.45, 7) is 5.03. The number of nitrogens with zero attached hydrogens (tertiary/aromatic N) is 4. The first kappa shape index (κ1) is 10.7. The topological polar surface area (TPSA) is 55.1 Å². The molecule has 1 aliphatic carbocycles. The Labute approximate surface area is 100 Å². The predicted octanol–water partition coefficient (Wildman–Crippen LogP) is 1.04. The van der Waals surface area contributed by atoms with Crippen LogP contribution in [0.15, 0.2) is 6.07 Å². The van der Waals surface area contributed by atoms with E-state index in [4.69, 9.17) is 0 Å². The van der Waals surface area contributed by atoms with Crippen molar-refractivity contribution in [3.63, 3.8) is 0 Å². The van der Waals surface area contributed by atoms with Crippen LogP contribution in [0, 0.1) is 13.8 Å². The molecule has 3 rings (SSSR count). The molecular weight excluding hydrogens is 214 g/mol. The summed E-state index contributed by atoms with van der Waals surface area (Å²) in [5, 5.41) is 11.8. The summed E-state index contributed by atoms with van der Waals surface area (Å²) >= 11 is 0. The number of aryl methyl sites for hydroxylation is 2. The fourth-order valence-corrected chi connectivity index (χ4v) is 2.14. The summed E-state index contributed by atoms with van der Waals surface area (Å²) in [6.07, 6.45) is 3.55. The van der Waals surface area contributed by atoms with Crippen molar-refractivity contribution in [3.05, 3.63) is 23.3 Å². The molecule has 0 saturated heterocycles. The van der Waals surface area contributed by atoms with Gasteiger partial charge in [0.2, 0.25) is 0 Å². The molecule has 2 aromatic heterocycles. The Balaban J connectivity index is 1.83. The summed E-state index contributed by atoms with van der Waals surface area (Å²) in [5.41, 5.74) is 2.14. The molecule has 1 aliphatic rings. The van der Waals surface area contributed by atoms with E-state index in [0.29, 0.717) is 5.78 Å². The smallest absolute Gasteiger partial charge is 0.255 e. The third-order valence-electron chi connectivity index (χ3n) is 3.12. The number of rotatable bonds is 4. The lowest BCUT2D eigenvalue weighted by Gasteiger charge is -2.04. The molecule has 0 unspecified atom stereocenters. The molecule has 0 aliphatic heterocycles. The monoisotopic (exact) mass is 231 g/mol. The fraction of sp³-hybridized carbons (Fsp3) is 0.583. The molecule has 2 aromatic rings. The maximum absolute atomic E-state index is 4.38. The normalized spacial score (nSPS) is 15.6. The highest BCUT2D eigenvalue weighted by molar-refractivity contribution is 5.32. The van der Waals surface area contributed by atoms with Crippen molar-refractivity contribution in [2.45, 2.75) is 39.2 Å². The highest BCUT2D eigenvalue weighted by atomic mass is 15.3. The number of hydrogen-bond acceptors (Lipinski definition) is 4. The molecule has 5 heteroatoms. The van der Waals surface area contributed by atoms with Crippen LogP contribution in [-0.4, -0.2) is 32.2 Å². The summed E-state index contributed by atoms with van der Waals surface area (Å²) in [5.74, 6) is 1.71. The van der Waals surface area contributed by atoms with Crippen LogP contribution in [0.2, 0.25) is 0 Å². The van der Waals surface area contributed by atoms with Gasteiger partial charge in [-0.1, -0.05) is 0 Å². The molecule has 1 saturated carbocycles. The number of hydrogen-bond donors (Lipinski definition) is 1. The molecule has 1 N–H and O–H groups in total. The summed E-state index contributed by atoms with van der Waals surface area (Å²) < 4.78 is 2.04. The van der Waals surface area contributed by atoms with Gasteiger partial charge in [0.25, 0.3) is 5.78 Å². The molecule has 0 aromatic carbocycles. The van der Waals surface area contributed by atoms with Gasteiger partial charge >= 0.3 is 0 Å². The van der Waals surface area contributed by atoms with Gasteiger partial charge in [-0.2, -0.15) is 0 Å². The average Bonchev–Trinajstić information content (AvgIpc) is 3.00. The second-order valence-corrected chi connectivity index (χ2v) is 4.77. The zero-order chi connectivity index (χ0) is 11.8. The van der Waals surface area contributed by atoms with Crippen LogP contribution in [-0.2, 0) is 6.42 Å². The van der Waals surface area contributed by atoms with Gasteiger partial charge in [-0.25, -0.2) is 4.98 Å². The van der Waals surface area contributed by atoms with E-state index in [2.05, 4.69) is 33.5 Å².